The van der Waals surface area contributed by atoms with Gasteiger partial charge in [0.25, 0.3) is 0 Å². The second-order valence-corrected chi connectivity index (χ2v) is 4.65. The van der Waals surface area contributed by atoms with Crippen LogP contribution in [0.25, 0.3) is 0 Å². The molecule has 112 valence electrons. The van der Waals surface area contributed by atoms with E-state index in [0.29, 0.717) is 5.95 Å². The molecule has 0 aliphatic rings. The average Bonchev–Trinajstić information content (AvgIpc) is 2.45. The Morgan fingerprint density at radius 3 is 2.65 bits per heavy atom. The summed E-state index contributed by atoms with van der Waals surface area (Å²) in [6.07, 6.45) is 7.54. The van der Waals surface area contributed by atoms with E-state index >= 15 is 0 Å². The van der Waals surface area contributed by atoms with Crippen molar-refractivity contribution in [2.45, 2.75) is 45.4 Å². The number of anilines is 2. The minimum Gasteiger partial charge on any atom is -0.465 e. The molecule has 0 spiro atoms. The van der Waals surface area contributed by atoms with Crippen LogP contribution in [0.2, 0.25) is 0 Å². The van der Waals surface area contributed by atoms with Crippen molar-refractivity contribution in [3.63, 3.8) is 0 Å². The van der Waals surface area contributed by atoms with Gasteiger partial charge in [-0.2, -0.15) is 4.98 Å². The monoisotopic (exact) mass is 281 g/mol. The van der Waals surface area contributed by atoms with Crippen molar-refractivity contribution >= 4 is 18.0 Å². The van der Waals surface area contributed by atoms with Gasteiger partial charge in [0.15, 0.2) is 0 Å². The molecule has 7 nitrogen and oxygen atoms in total. The van der Waals surface area contributed by atoms with Gasteiger partial charge < -0.3 is 10.4 Å². The highest BCUT2D eigenvalue weighted by molar-refractivity contribution is 5.82. The largest absolute Gasteiger partial charge is 0.465 e. The fraction of sp³-hybridized carbons (Fsp3) is 0.692. The van der Waals surface area contributed by atoms with Crippen LogP contribution in [-0.4, -0.2) is 39.7 Å². The molecule has 2 N–H and O–H groups in total. The first-order chi connectivity index (χ1) is 9.65. The summed E-state index contributed by atoms with van der Waals surface area (Å²) in [5.41, 5.74) is 0. The summed E-state index contributed by atoms with van der Waals surface area (Å²) in [4.78, 5) is 23.6. The number of unbranched alkanes of at least 4 members (excludes halogenated alkanes) is 5. The molecule has 1 aromatic heterocycles. The van der Waals surface area contributed by atoms with Gasteiger partial charge in [-0.15, -0.1) is 0 Å². The summed E-state index contributed by atoms with van der Waals surface area (Å²) in [5.74, 6) is 0.537. The van der Waals surface area contributed by atoms with Gasteiger partial charge in [0.1, 0.15) is 6.33 Å². The molecule has 1 aromatic rings. The van der Waals surface area contributed by atoms with Crippen molar-refractivity contribution in [1.29, 1.82) is 0 Å². The zero-order valence-corrected chi connectivity index (χ0v) is 12.2. The SMILES string of the molecule is CCCCCCCCNc1ncnc(N(C)C(=O)O)n1. The van der Waals surface area contributed by atoms with Crippen molar-refractivity contribution in [2.24, 2.45) is 0 Å². The first kappa shape index (κ1) is 16.1. The molecule has 0 aliphatic carbocycles. The van der Waals surface area contributed by atoms with Gasteiger partial charge in [0.2, 0.25) is 11.9 Å². The maximum atomic E-state index is 10.8. The highest BCUT2D eigenvalue weighted by Gasteiger charge is 2.12. The standard InChI is InChI=1S/C13H23N5O2/c1-3-4-5-6-7-8-9-14-11-15-10-16-12(17-11)18(2)13(19)20/h10H,3-9H2,1-2H3,(H,19,20)(H,14,15,16,17). The lowest BCUT2D eigenvalue weighted by Gasteiger charge is -2.11. The first-order valence-corrected chi connectivity index (χ1v) is 7.04. The minimum atomic E-state index is -1.10. The Balaban J connectivity index is 2.30. The minimum absolute atomic E-state index is 0.123. The van der Waals surface area contributed by atoms with Gasteiger partial charge in [-0.25, -0.2) is 19.7 Å². The number of carboxylic acid groups (broad SMARTS) is 1. The number of hydrogen-bond acceptors (Lipinski definition) is 5. The Bertz CT molecular complexity index is 414. The van der Waals surface area contributed by atoms with E-state index in [0.717, 1.165) is 17.9 Å². The van der Waals surface area contributed by atoms with Crippen LogP contribution in [0.15, 0.2) is 6.33 Å². The molecule has 0 saturated heterocycles. The van der Waals surface area contributed by atoms with Gasteiger partial charge >= 0.3 is 6.09 Å². The molecule has 0 unspecified atom stereocenters. The molecule has 0 aromatic carbocycles. The second kappa shape index (κ2) is 9.06. The van der Waals surface area contributed by atoms with Crippen LogP contribution in [0, 0.1) is 0 Å². The van der Waals surface area contributed by atoms with E-state index in [9.17, 15) is 4.79 Å². The van der Waals surface area contributed by atoms with Gasteiger partial charge in [0, 0.05) is 13.6 Å². The molecule has 0 atom stereocenters. The van der Waals surface area contributed by atoms with E-state index in [4.69, 9.17) is 5.11 Å². The van der Waals surface area contributed by atoms with E-state index in [1.807, 2.05) is 0 Å². The molecule has 0 radical (unpaired) electrons. The molecule has 1 amide bonds. The summed E-state index contributed by atoms with van der Waals surface area (Å²) in [6, 6.07) is 0. The molecular formula is C13H23N5O2. The topological polar surface area (TPSA) is 91.2 Å². The average molecular weight is 281 g/mol. The Morgan fingerprint density at radius 2 is 1.95 bits per heavy atom. The fourth-order valence-corrected chi connectivity index (χ4v) is 1.73. The third-order valence-corrected chi connectivity index (χ3v) is 2.96. The summed E-state index contributed by atoms with van der Waals surface area (Å²) in [7, 11) is 1.40. The van der Waals surface area contributed by atoms with Crippen LogP contribution in [0.1, 0.15) is 45.4 Å². The maximum absolute atomic E-state index is 10.8. The van der Waals surface area contributed by atoms with Crippen LogP contribution < -0.4 is 10.2 Å². The lowest BCUT2D eigenvalue weighted by Crippen LogP contribution is -2.26. The van der Waals surface area contributed by atoms with Crippen molar-refractivity contribution in [3.8, 4) is 0 Å². The number of nitrogens with zero attached hydrogens (tertiary/aromatic N) is 4. The summed E-state index contributed by atoms with van der Waals surface area (Å²) >= 11 is 0. The van der Waals surface area contributed by atoms with E-state index in [1.165, 1.54) is 45.5 Å². The van der Waals surface area contributed by atoms with E-state index in [1.54, 1.807) is 0 Å². The van der Waals surface area contributed by atoms with Gasteiger partial charge in [-0.05, 0) is 6.42 Å². The van der Waals surface area contributed by atoms with Crippen LogP contribution in [0.5, 0.6) is 0 Å². The smallest absolute Gasteiger partial charge is 0.413 e. The van der Waals surface area contributed by atoms with Crippen molar-refractivity contribution < 1.29 is 9.90 Å². The van der Waals surface area contributed by atoms with Gasteiger partial charge in [-0.3, -0.25) is 0 Å². The van der Waals surface area contributed by atoms with Crippen molar-refractivity contribution in [1.82, 2.24) is 15.0 Å². The van der Waals surface area contributed by atoms with E-state index in [2.05, 4.69) is 27.2 Å². The van der Waals surface area contributed by atoms with E-state index < -0.39 is 6.09 Å². The summed E-state index contributed by atoms with van der Waals surface area (Å²) < 4.78 is 0. The lowest BCUT2D eigenvalue weighted by atomic mass is 10.1. The predicted octanol–water partition coefficient (Wildman–Crippen LogP) is 2.76. The third kappa shape index (κ3) is 5.81. The molecule has 0 saturated carbocycles. The summed E-state index contributed by atoms with van der Waals surface area (Å²) in [5, 5.41) is 11.9. The zero-order valence-electron chi connectivity index (χ0n) is 12.2. The number of rotatable bonds is 9. The highest BCUT2D eigenvalue weighted by atomic mass is 16.4. The highest BCUT2D eigenvalue weighted by Crippen LogP contribution is 2.08. The molecular weight excluding hydrogens is 258 g/mol. The second-order valence-electron chi connectivity index (χ2n) is 4.65. The molecule has 0 aliphatic heterocycles. The van der Waals surface area contributed by atoms with Crippen molar-refractivity contribution in [2.75, 3.05) is 23.8 Å². The van der Waals surface area contributed by atoms with Crippen LogP contribution in [-0.2, 0) is 0 Å². The van der Waals surface area contributed by atoms with Crippen LogP contribution >= 0.6 is 0 Å². The number of amides is 1. The third-order valence-electron chi connectivity index (χ3n) is 2.96. The quantitative estimate of drug-likeness (QED) is 0.676. The van der Waals surface area contributed by atoms with Crippen LogP contribution in [0.3, 0.4) is 0 Å². The zero-order chi connectivity index (χ0) is 14.8. The number of nitrogens with one attached hydrogen (secondary N) is 1. The predicted molar refractivity (Wildman–Crippen MR) is 78.1 cm³/mol. The number of hydrogen-bond donors (Lipinski definition) is 2. The molecule has 1 rings (SSSR count). The van der Waals surface area contributed by atoms with Gasteiger partial charge in [0.05, 0.1) is 0 Å². The molecule has 7 heteroatoms. The Hall–Kier alpha value is -1.92. The Labute approximate surface area is 119 Å². The normalized spacial score (nSPS) is 10.3. The van der Waals surface area contributed by atoms with E-state index in [-0.39, 0.29) is 5.95 Å². The Kier molecular flexibility index (Phi) is 7.31. The molecule has 1 heterocycles. The molecule has 20 heavy (non-hydrogen) atoms. The maximum Gasteiger partial charge on any atom is 0.413 e. The molecule has 0 bridgehead atoms. The summed E-state index contributed by atoms with van der Waals surface area (Å²) in [6.45, 7) is 2.99. The van der Waals surface area contributed by atoms with Crippen molar-refractivity contribution in [3.05, 3.63) is 6.33 Å². The fourth-order valence-electron chi connectivity index (χ4n) is 1.73. The van der Waals surface area contributed by atoms with Gasteiger partial charge in [-0.1, -0.05) is 39.0 Å². The van der Waals surface area contributed by atoms with Crippen LogP contribution in [0.4, 0.5) is 16.7 Å². The molecule has 0 fully saturated rings. The Morgan fingerprint density at radius 1 is 1.25 bits per heavy atom. The number of aromatic nitrogens is 3. The first-order valence-electron chi connectivity index (χ1n) is 7.04. The number of carbonyl (C=O) groups is 1. The lowest BCUT2D eigenvalue weighted by molar-refractivity contribution is 0.203.